The van der Waals surface area contributed by atoms with E-state index in [4.69, 9.17) is 11.5 Å². The number of halogens is 3. The Bertz CT molecular complexity index is 1370. The van der Waals surface area contributed by atoms with E-state index in [1.54, 1.807) is 36.5 Å². The highest BCUT2D eigenvalue weighted by Crippen LogP contribution is 2.36. The molecule has 9 nitrogen and oxygen atoms in total. The first-order valence-electron chi connectivity index (χ1n) is 9.10. The molecule has 0 aliphatic carbocycles. The minimum atomic E-state index is -5.17. The fourth-order valence-corrected chi connectivity index (χ4v) is 3.30. The molecular formula is C20H15F3N6O3. The van der Waals surface area contributed by atoms with E-state index < -0.39 is 24.7 Å². The number of alkyl halides is 3. The van der Waals surface area contributed by atoms with Crippen LogP contribution in [0.25, 0.3) is 32.9 Å². The summed E-state index contributed by atoms with van der Waals surface area (Å²) in [5.41, 5.74) is 14.7. The number of esters is 1. The first kappa shape index (κ1) is 20.9. The van der Waals surface area contributed by atoms with Crippen molar-refractivity contribution in [1.82, 2.24) is 15.0 Å². The standard InChI is InChI=1S/C20H15F3N6O3/c21-20(22,23)18(31)32-8-14(30)27-10-3-1-2-9(6-10)12-7-13-15(11-4-5-26-16(11)12)17(24)29-19(25)28-13/h1-7H,8,24H2,(H,27,30)(H3,25,28,29). The average Bonchev–Trinajstić information content (AvgIpc) is 3.20. The lowest BCUT2D eigenvalue weighted by Crippen LogP contribution is -2.29. The number of benzene rings is 2. The van der Waals surface area contributed by atoms with E-state index in [0.717, 1.165) is 5.39 Å². The lowest BCUT2D eigenvalue weighted by molar-refractivity contribution is -0.199. The van der Waals surface area contributed by atoms with Crippen LogP contribution in [0.2, 0.25) is 0 Å². The number of anilines is 3. The van der Waals surface area contributed by atoms with Gasteiger partial charge < -0.3 is 26.5 Å². The summed E-state index contributed by atoms with van der Waals surface area (Å²) in [6.07, 6.45) is -3.56. The van der Waals surface area contributed by atoms with Crippen molar-refractivity contribution >= 4 is 51.1 Å². The van der Waals surface area contributed by atoms with Gasteiger partial charge >= 0.3 is 12.1 Å². The number of rotatable bonds is 4. The van der Waals surface area contributed by atoms with Crippen LogP contribution in [0.3, 0.4) is 0 Å². The summed E-state index contributed by atoms with van der Waals surface area (Å²) in [6.45, 7) is -1.08. The van der Waals surface area contributed by atoms with Crippen LogP contribution < -0.4 is 16.8 Å². The number of fused-ring (bicyclic) bond motifs is 3. The summed E-state index contributed by atoms with van der Waals surface area (Å²) >= 11 is 0. The number of hydrogen-bond acceptors (Lipinski definition) is 7. The van der Waals surface area contributed by atoms with E-state index >= 15 is 0 Å². The van der Waals surface area contributed by atoms with Crippen LogP contribution in [0.4, 0.5) is 30.6 Å². The number of ether oxygens (including phenoxy) is 1. The number of H-pyrrole nitrogens is 1. The molecule has 12 heteroatoms. The molecule has 0 saturated carbocycles. The first-order valence-corrected chi connectivity index (χ1v) is 9.10. The van der Waals surface area contributed by atoms with Crippen molar-refractivity contribution in [2.45, 2.75) is 6.18 Å². The van der Waals surface area contributed by atoms with Gasteiger partial charge in [-0.3, -0.25) is 9.78 Å². The molecule has 4 aromatic rings. The Morgan fingerprint density at radius 3 is 2.69 bits per heavy atom. The number of nitrogens with two attached hydrogens (primary N) is 2. The molecule has 0 aliphatic rings. The summed E-state index contributed by atoms with van der Waals surface area (Å²) in [4.78, 5) is 34.1. The number of hydrogen-bond donors (Lipinski definition) is 4. The summed E-state index contributed by atoms with van der Waals surface area (Å²) < 4.78 is 40.5. The molecule has 2 aromatic heterocycles. The molecule has 2 heterocycles. The van der Waals surface area contributed by atoms with Crippen molar-refractivity contribution < 1.29 is 27.5 Å². The average molecular weight is 444 g/mol. The molecule has 4 rings (SSSR count). The minimum Gasteiger partial charge on any atom is -0.449 e. The SMILES string of the molecule is Nc1nc(N)c2c(cc(-c3cccc(NC(=O)COC(=O)C(F)(F)F)c3)c3nccc32)[nH]1. The van der Waals surface area contributed by atoms with Gasteiger partial charge in [0.1, 0.15) is 5.82 Å². The lowest BCUT2D eigenvalue weighted by atomic mass is 9.99. The predicted octanol–water partition coefficient (Wildman–Crippen LogP) is 2.99. The highest BCUT2D eigenvalue weighted by Gasteiger charge is 2.41. The van der Waals surface area contributed by atoms with Crippen LogP contribution in [0.5, 0.6) is 0 Å². The van der Waals surface area contributed by atoms with Crippen molar-refractivity contribution in [2.24, 2.45) is 0 Å². The highest BCUT2D eigenvalue weighted by atomic mass is 19.4. The molecule has 2 aromatic carbocycles. The molecule has 0 unspecified atom stereocenters. The fourth-order valence-electron chi connectivity index (χ4n) is 3.30. The third-order valence-electron chi connectivity index (χ3n) is 4.57. The van der Waals surface area contributed by atoms with Crippen molar-refractivity contribution in [3.63, 3.8) is 0 Å². The quantitative estimate of drug-likeness (QED) is 0.354. The van der Waals surface area contributed by atoms with Gasteiger partial charge in [-0.2, -0.15) is 18.2 Å². The van der Waals surface area contributed by atoms with Crippen LogP contribution in [0.1, 0.15) is 0 Å². The van der Waals surface area contributed by atoms with Gasteiger partial charge in [0.25, 0.3) is 5.91 Å². The van der Waals surface area contributed by atoms with Gasteiger partial charge in [0.05, 0.1) is 11.0 Å². The third kappa shape index (κ3) is 3.97. The number of nitrogens with zero attached hydrogens (tertiary/aromatic N) is 2. The van der Waals surface area contributed by atoms with Crippen LogP contribution in [-0.2, 0) is 14.3 Å². The second kappa shape index (κ2) is 7.72. The number of carbonyl (C=O) groups excluding carboxylic acids is 2. The van der Waals surface area contributed by atoms with E-state index in [1.807, 2.05) is 0 Å². The number of aromatic nitrogens is 3. The topological polar surface area (TPSA) is 149 Å². The molecule has 0 aliphatic heterocycles. The van der Waals surface area contributed by atoms with E-state index in [-0.39, 0.29) is 17.5 Å². The minimum absolute atomic E-state index is 0.134. The zero-order valence-corrected chi connectivity index (χ0v) is 16.2. The Kier molecular flexibility index (Phi) is 5.04. The molecule has 0 radical (unpaired) electrons. The number of nitrogens with one attached hydrogen (secondary N) is 2. The Morgan fingerprint density at radius 1 is 1.16 bits per heavy atom. The molecule has 164 valence electrons. The summed E-state index contributed by atoms with van der Waals surface area (Å²) in [7, 11) is 0. The Morgan fingerprint density at radius 2 is 1.94 bits per heavy atom. The van der Waals surface area contributed by atoms with E-state index in [1.165, 1.54) is 6.07 Å². The molecule has 0 spiro atoms. The molecule has 1 amide bonds. The van der Waals surface area contributed by atoms with Crippen molar-refractivity contribution in [2.75, 3.05) is 23.4 Å². The number of amides is 1. The van der Waals surface area contributed by atoms with Crippen molar-refractivity contribution in [3.8, 4) is 11.1 Å². The molecule has 6 N–H and O–H groups in total. The smallest absolute Gasteiger partial charge is 0.449 e. The van der Waals surface area contributed by atoms with Gasteiger partial charge in [-0.25, -0.2) is 4.79 Å². The largest absolute Gasteiger partial charge is 0.490 e. The number of carbonyl (C=O) groups is 2. The highest BCUT2D eigenvalue weighted by molar-refractivity contribution is 6.15. The fraction of sp³-hybridized carbons (Fsp3) is 0.100. The van der Waals surface area contributed by atoms with Crippen molar-refractivity contribution in [3.05, 3.63) is 42.6 Å². The maximum atomic E-state index is 12.2. The maximum Gasteiger partial charge on any atom is 0.490 e. The molecule has 0 fully saturated rings. The van der Waals surface area contributed by atoms with Gasteiger partial charge in [-0.05, 0) is 29.8 Å². The third-order valence-corrected chi connectivity index (χ3v) is 4.57. The Labute approximate surface area is 177 Å². The summed E-state index contributed by atoms with van der Waals surface area (Å²) in [5.74, 6) is -2.98. The normalized spacial score (nSPS) is 11.6. The van der Waals surface area contributed by atoms with Crippen molar-refractivity contribution in [1.29, 1.82) is 0 Å². The lowest BCUT2D eigenvalue weighted by Gasteiger charge is -2.12. The second-order valence-corrected chi connectivity index (χ2v) is 6.76. The summed E-state index contributed by atoms with van der Waals surface area (Å²) in [5, 5.41) is 3.80. The van der Waals surface area contributed by atoms with Gasteiger partial charge in [-0.15, -0.1) is 0 Å². The monoisotopic (exact) mass is 444 g/mol. The van der Waals surface area contributed by atoms with E-state index in [2.05, 4.69) is 25.0 Å². The van der Waals surface area contributed by atoms with Crippen LogP contribution in [-0.4, -0.2) is 39.6 Å². The van der Waals surface area contributed by atoms with Crippen LogP contribution >= 0.6 is 0 Å². The molecule has 0 saturated heterocycles. The second-order valence-electron chi connectivity index (χ2n) is 6.76. The van der Waals surface area contributed by atoms with Gasteiger partial charge in [0.2, 0.25) is 0 Å². The molecular weight excluding hydrogens is 429 g/mol. The van der Waals surface area contributed by atoms with Crippen LogP contribution in [0.15, 0.2) is 42.6 Å². The summed E-state index contributed by atoms with van der Waals surface area (Å²) in [6, 6.07) is 10.1. The van der Waals surface area contributed by atoms with E-state index in [9.17, 15) is 22.8 Å². The van der Waals surface area contributed by atoms with Crippen LogP contribution in [0, 0.1) is 0 Å². The Balaban J connectivity index is 1.65. The maximum absolute atomic E-state index is 12.2. The zero-order chi connectivity index (χ0) is 23.0. The van der Waals surface area contributed by atoms with E-state index in [0.29, 0.717) is 27.5 Å². The number of aromatic amines is 1. The Hall–Kier alpha value is -4.35. The van der Waals surface area contributed by atoms with Gasteiger partial charge in [-0.1, -0.05) is 12.1 Å². The predicted molar refractivity (Wildman–Crippen MR) is 111 cm³/mol. The van der Waals surface area contributed by atoms with Gasteiger partial charge in [0, 0.05) is 28.2 Å². The molecule has 0 atom stereocenters. The first-order chi connectivity index (χ1) is 15.1. The zero-order valence-electron chi connectivity index (χ0n) is 16.2. The molecule has 0 bridgehead atoms. The number of nitrogen functional groups attached to an aromatic ring is 2. The molecule has 32 heavy (non-hydrogen) atoms. The van der Waals surface area contributed by atoms with Gasteiger partial charge in [0.15, 0.2) is 12.6 Å².